The van der Waals surface area contributed by atoms with Crippen LogP contribution in [-0.4, -0.2) is 12.1 Å². The largest absolute Gasteiger partial charge is 0.309 e. The van der Waals surface area contributed by atoms with Crippen molar-refractivity contribution in [2.24, 2.45) is 5.92 Å². The van der Waals surface area contributed by atoms with Crippen LogP contribution in [0.3, 0.4) is 0 Å². The Labute approximate surface area is 115 Å². The first kappa shape index (κ1) is 12.7. The second-order valence-electron chi connectivity index (χ2n) is 6.01. The van der Waals surface area contributed by atoms with Crippen LogP contribution in [0.2, 0.25) is 0 Å². The molecule has 4 unspecified atom stereocenters. The molecule has 0 heterocycles. The third-order valence-electron chi connectivity index (χ3n) is 4.63. The SMILES string of the molecule is N#CC1CCCCCC1NC1CC1c1ccccc1. The van der Waals surface area contributed by atoms with E-state index in [0.29, 0.717) is 18.0 Å². The fraction of sp³-hybridized carbons (Fsp3) is 0.588. The van der Waals surface area contributed by atoms with Crippen LogP contribution in [0.15, 0.2) is 30.3 Å². The third-order valence-corrected chi connectivity index (χ3v) is 4.63. The fourth-order valence-electron chi connectivity index (χ4n) is 3.38. The number of hydrogen-bond acceptors (Lipinski definition) is 2. The van der Waals surface area contributed by atoms with Crippen molar-refractivity contribution in [1.82, 2.24) is 5.32 Å². The van der Waals surface area contributed by atoms with E-state index >= 15 is 0 Å². The molecule has 0 amide bonds. The predicted molar refractivity (Wildman–Crippen MR) is 76.7 cm³/mol. The monoisotopic (exact) mass is 254 g/mol. The van der Waals surface area contributed by atoms with Crippen molar-refractivity contribution in [2.45, 2.75) is 56.5 Å². The van der Waals surface area contributed by atoms with E-state index in [0.717, 1.165) is 6.42 Å². The van der Waals surface area contributed by atoms with E-state index in [1.165, 1.54) is 37.7 Å². The Balaban J connectivity index is 1.59. The molecule has 3 rings (SSSR count). The summed E-state index contributed by atoms with van der Waals surface area (Å²) in [7, 11) is 0. The van der Waals surface area contributed by atoms with Gasteiger partial charge in [-0.25, -0.2) is 0 Å². The Morgan fingerprint density at radius 3 is 2.58 bits per heavy atom. The Kier molecular flexibility index (Phi) is 3.84. The molecule has 0 saturated heterocycles. The van der Waals surface area contributed by atoms with Crippen LogP contribution in [0.1, 0.15) is 50.0 Å². The first-order valence-corrected chi connectivity index (χ1v) is 7.59. The summed E-state index contributed by atoms with van der Waals surface area (Å²) >= 11 is 0. The maximum atomic E-state index is 9.31. The van der Waals surface area contributed by atoms with Crippen LogP contribution in [0.4, 0.5) is 0 Å². The molecule has 100 valence electrons. The zero-order chi connectivity index (χ0) is 13.1. The fourth-order valence-corrected chi connectivity index (χ4v) is 3.38. The highest BCUT2D eigenvalue weighted by atomic mass is 15.0. The van der Waals surface area contributed by atoms with Crippen LogP contribution in [-0.2, 0) is 0 Å². The number of benzene rings is 1. The lowest BCUT2D eigenvalue weighted by molar-refractivity contribution is 0.390. The summed E-state index contributed by atoms with van der Waals surface area (Å²) in [6, 6.07) is 14.3. The third kappa shape index (κ3) is 2.98. The van der Waals surface area contributed by atoms with Crippen molar-refractivity contribution in [3.8, 4) is 6.07 Å². The molecule has 1 aromatic rings. The molecule has 19 heavy (non-hydrogen) atoms. The van der Waals surface area contributed by atoms with E-state index in [2.05, 4.69) is 41.7 Å². The van der Waals surface area contributed by atoms with Crippen molar-refractivity contribution in [3.63, 3.8) is 0 Å². The average Bonchev–Trinajstić information content (AvgIpc) is 3.24. The molecule has 1 N–H and O–H groups in total. The van der Waals surface area contributed by atoms with Gasteiger partial charge in [0.1, 0.15) is 0 Å². The van der Waals surface area contributed by atoms with Crippen LogP contribution in [0.25, 0.3) is 0 Å². The summed E-state index contributed by atoms with van der Waals surface area (Å²) in [5.41, 5.74) is 1.45. The molecule has 4 atom stereocenters. The van der Waals surface area contributed by atoms with Gasteiger partial charge in [0.05, 0.1) is 12.0 Å². The first-order chi connectivity index (χ1) is 9.38. The zero-order valence-electron chi connectivity index (χ0n) is 11.4. The van der Waals surface area contributed by atoms with E-state index in [4.69, 9.17) is 0 Å². The molecule has 2 saturated carbocycles. The number of nitriles is 1. The summed E-state index contributed by atoms with van der Waals surface area (Å²) < 4.78 is 0. The minimum absolute atomic E-state index is 0.222. The van der Waals surface area contributed by atoms with E-state index in [1.807, 2.05) is 0 Å². The van der Waals surface area contributed by atoms with Crippen molar-refractivity contribution in [2.75, 3.05) is 0 Å². The molecule has 2 aliphatic carbocycles. The summed E-state index contributed by atoms with van der Waals surface area (Å²) in [5, 5.41) is 13.1. The zero-order valence-corrected chi connectivity index (χ0v) is 11.4. The molecule has 2 aliphatic rings. The smallest absolute Gasteiger partial charge is 0.0672 e. The van der Waals surface area contributed by atoms with Crippen LogP contribution in [0.5, 0.6) is 0 Å². The van der Waals surface area contributed by atoms with E-state index < -0.39 is 0 Å². The van der Waals surface area contributed by atoms with Gasteiger partial charge in [-0.2, -0.15) is 5.26 Å². The van der Waals surface area contributed by atoms with Crippen LogP contribution < -0.4 is 5.32 Å². The molecule has 1 aromatic carbocycles. The van der Waals surface area contributed by atoms with Crippen LogP contribution >= 0.6 is 0 Å². The summed E-state index contributed by atoms with van der Waals surface area (Å²) in [6.45, 7) is 0. The topological polar surface area (TPSA) is 35.8 Å². The van der Waals surface area contributed by atoms with Gasteiger partial charge in [-0.15, -0.1) is 0 Å². The average molecular weight is 254 g/mol. The quantitative estimate of drug-likeness (QED) is 0.836. The molecule has 0 radical (unpaired) electrons. The lowest BCUT2D eigenvalue weighted by atomic mass is 9.96. The van der Waals surface area contributed by atoms with Gasteiger partial charge in [0.2, 0.25) is 0 Å². The summed E-state index contributed by atoms with van der Waals surface area (Å²) in [5.74, 6) is 0.892. The van der Waals surface area contributed by atoms with Gasteiger partial charge in [-0.1, -0.05) is 49.6 Å². The second-order valence-corrected chi connectivity index (χ2v) is 6.01. The van der Waals surface area contributed by atoms with Crippen molar-refractivity contribution >= 4 is 0 Å². The summed E-state index contributed by atoms with van der Waals surface area (Å²) in [6.07, 6.45) is 7.29. The lowest BCUT2D eigenvalue weighted by Gasteiger charge is -2.21. The Morgan fingerprint density at radius 1 is 1.00 bits per heavy atom. The van der Waals surface area contributed by atoms with Crippen LogP contribution in [0, 0.1) is 17.2 Å². The molecule has 0 spiro atoms. The highest BCUT2D eigenvalue weighted by Gasteiger charge is 2.40. The minimum Gasteiger partial charge on any atom is -0.309 e. The van der Waals surface area contributed by atoms with Gasteiger partial charge in [0.25, 0.3) is 0 Å². The summed E-state index contributed by atoms with van der Waals surface area (Å²) in [4.78, 5) is 0. The van der Waals surface area contributed by atoms with E-state index in [-0.39, 0.29) is 5.92 Å². The maximum absolute atomic E-state index is 9.31. The highest BCUT2D eigenvalue weighted by molar-refractivity contribution is 5.27. The standard InChI is InChI=1S/C17H22N2/c18-12-14-9-5-2-6-10-16(14)19-17-11-15(17)13-7-3-1-4-8-13/h1,3-4,7-8,14-17,19H,2,5-6,9-11H2. The minimum atomic E-state index is 0.222. The molecule has 2 heteroatoms. The molecule has 2 nitrogen and oxygen atoms in total. The number of nitrogens with one attached hydrogen (secondary N) is 1. The van der Waals surface area contributed by atoms with E-state index in [9.17, 15) is 5.26 Å². The van der Waals surface area contributed by atoms with Gasteiger partial charge in [-0.05, 0) is 24.8 Å². The number of hydrogen-bond donors (Lipinski definition) is 1. The lowest BCUT2D eigenvalue weighted by Crippen LogP contribution is -2.37. The van der Waals surface area contributed by atoms with Gasteiger partial charge in [-0.3, -0.25) is 0 Å². The van der Waals surface area contributed by atoms with Gasteiger partial charge in [0.15, 0.2) is 0 Å². The molecule has 0 bridgehead atoms. The molecular weight excluding hydrogens is 232 g/mol. The molecule has 2 fully saturated rings. The normalized spacial score (nSPS) is 34.3. The number of rotatable bonds is 3. The van der Waals surface area contributed by atoms with Gasteiger partial charge in [0, 0.05) is 18.0 Å². The molecule has 0 aromatic heterocycles. The van der Waals surface area contributed by atoms with Gasteiger partial charge >= 0.3 is 0 Å². The highest BCUT2D eigenvalue weighted by Crippen LogP contribution is 2.41. The molecular formula is C17H22N2. The maximum Gasteiger partial charge on any atom is 0.0672 e. The van der Waals surface area contributed by atoms with Crippen molar-refractivity contribution in [1.29, 1.82) is 5.26 Å². The Bertz CT molecular complexity index is 448. The Morgan fingerprint density at radius 2 is 1.79 bits per heavy atom. The van der Waals surface area contributed by atoms with Gasteiger partial charge < -0.3 is 5.32 Å². The van der Waals surface area contributed by atoms with E-state index in [1.54, 1.807) is 0 Å². The second kappa shape index (κ2) is 5.75. The predicted octanol–water partition coefficient (Wildman–Crippen LogP) is 3.60. The van der Waals surface area contributed by atoms with Crippen molar-refractivity contribution in [3.05, 3.63) is 35.9 Å². The first-order valence-electron chi connectivity index (χ1n) is 7.59. The Hall–Kier alpha value is -1.33. The van der Waals surface area contributed by atoms with Crippen molar-refractivity contribution < 1.29 is 0 Å². The molecule has 0 aliphatic heterocycles. The number of nitrogens with zero attached hydrogens (tertiary/aromatic N) is 1.